The predicted octanol–water partition coefficient (Wildman–Crippen LogP) is 3.61. The van der Waals surface area contributed by atoms with Crippen molar-refractivity contribution in [2.45, 2.75) is 45.6 Å². The Balaban J connectivity index is 2.72. The van der Waals surface area contributed by atoms with E-state index in [1.54, 1.807) is 0 Å². The second-order valence-electron chi connectivity index (χ2n) is 4.22. The molecule has 17 heavy (non-hydrogen) atoms. The Morgan fingerprint density at radius 3 is 2.65 bits per heavy atom. The molecule has 1 aromatic rings. The molecule has 1 heterocycles. The Morgan fingerprint density at radius 1 is 1.29 bits per heavy atom. The van der Waals surface area contributed by atoms with E-state index in [4.69, 9.17) is 0 Å². The van der Waals surface area contributed by atoms with E-state index in [0.717, 1.165) is 41.3 Å². The zero-order valence-electron chi connectivity index (χ0n) is 11.3. The van der Waals surface area contributed by atoms with Gasteiger partial charge in [0.05, 0.1) is 0 Å². The van der Waals surface area contributed by atoms with E-state index >= 15 is 0 Å². The van der Waals surface area contributed by atoms with Gasteiger partial charge in [-0.05, 0) is 12.8 Å². The highest BCUT2D eigenvalue weighted by Gasteiger charge is 2.05. The van der Waals surface area contributed by atoms with E-state index < -0.39 is 0 Å². The van der Waals surface area contributed by atoms with Crippen molar-refractivity contribution in [3.8, 4) is 0 Å². The van der Waals surface area contributed by atoms with Crippen LogP contribution in [0.25, 0.3) is 0 Å². The minimum Gasteiger partial charge on any atom is -0.370 e. The first-order chi connectivity index (χ1) is 8.19. The van der Waals surface area contributed by atoms with Crippen LogP contribution in [-0.2, 0) is 6.42 Å². The second-order valence-corrected chi connectivity index (χ2v) is 5.26. The molecule has 0 saturated heterocycles. The summed E-state index contributed by atoms with van der Waals surface area (Å²) in [5.41, 5.74) is 0. The van der Waals surface area contributed by atoms with Gasteiger partial charge in [0.1, 0.15) is 16.7 Å². The molecule has 0 aliphatic rings. The van der Waals surface area contributed by atoms with Crippen LogP contribution in [0.2, 0.25) is 0 Å². The topological polar surface area (TPSA) is 37.8 Å². The highest BCUT2D eigenvalue weighted by molar-refractivity contribution is 7.99. The normalized spacial score (nSPS) is 12.5. The van der Waals surface area contributed by atoms with Crippen LogP contribution < -0.4 is 5.32 Å². The maximum Gasteiger partial charge on any atom is 0.131 e. The summed E-state index contributed by atoms with van der Waals surface area (Å²) in [6.45, 7) is 9.58. The molecule has 0 amide bonds. The van der Waals surface area contributed by atoms with Gasteiger partial charge in [0.15, 0.2) is 0 Å². The maximum atomic E-state index is 4.55. The molecule has 1 aromatic heterocycles. The number of nitrogens with one attached hydrogen (secondary N) is 1. The number of aryl methyl sites for hydroxylation is 1. The Morgan fingerprint density at radius 2 is 2.06 bits per heavy atom. The molecule has 0 spiro atoms. The van der Waals surface area contributed by atoms with Crippen LogP contribution in [0.3, 0.4) is 0 Å². The second kappa shape index (κ2) is 7.54. The van der Waals surface area contributed by atoms with Gasteiger partial charge in [-0.3, -0.25) is 0 Å². The van der Waals surface area contributed by atoms with Gasteiger partial charge >= 0.3 is 0 Å². The van der Waals surface area contributed by atoms with Gasteiger partial charge in [-0.1, -0.05) is 27.2 Å². The number of thioether (sulfide) groups is 1. The molecule has 0 aliphatic heterocycles. The molecule has 1 rings (SSSR count). The van der Waals surface area contributed by atoms with Gasteiger partial charge < -0.3 is 5.32 Å². The summed E-state index contributed by atoms with van der Waals surface area (Å²) in [5.74, 6) is 3.74. The molecule has 0 fully saturated rings. The average molecular weight is 253 g/mol. The minimum absolute atomic E-state index is 0.739. The van der Waals surface area contributed by atoms with Crippen LogP contribution in [0.5, 0.6) is 0 Å². The quantitative estimate of drug-likeness (QED) is 0.595. The van der Waals surface area contributed by atoms with Gasteiger partial charge in [0, 0.05) is 24.8 Å². The molecule has 0 bridgehead atoms. The monoisotopic (exact) mass is 253 g/mol. The fraction of sp³-hybridized carbons (Fsp3) is 0.692. The Labute approximate surface area is 109 Å². The molecule has 1 atom stereocenters. The molecule has 0 aromatic carbocycles. The third-order valence-electron chi connectivity index (χ3n) is 2.64. The molecule has 1 N–H and O–H groups in total. The van der Waals surface area contributed by atoms with Crippen molar-refractivity contribution in [2.24, 2.45) is 5.92 Å². The van der Waals surface area contributed by atoms with Crippen molar-refractivity contribution in [1.82, 2.24) is 9.97 Å². The molecule has 4 heteroatoms. The summed E-state index contributed by atoms with van der Waals surface area (Å²) in [6, 6.07) is 2.05. The van der Waals surface area contributed by atoms with Crippen molar-refractivity contribution >= 4 is 17.6 Å². The van der Waals surface area contributed by atoms with E-state index in [0.29, 0.717) is 0 Å². The van der Waals surface area contributed by atoms with E-state index in [2.05, 4.69) is 49.0 Å². The Bertz CT molecular complexity index is 341. The van der Waals surface area contributed by atoms with Crippen LogP contribution in [0.15, 0.2) is 11.1 Å². The molecule has 0 aliphatic carbocycles. The summed E-state index contributed by atoms with van der Waals surface area (Å²) < 4.78 is 0. The molecule has 1 unspecified atom stereocenters. The zero-order chi connectivity index (χ0) is 12.7. The van der Waals surface area contributed by atoms with Crippen LogP contribution in [0.1, 0.15) is 39.9 Å². The lowest BCUT2D eigenvalue weighted by molar-refractivity contribution is 0.636. The summed E-state index contributed by atoms with van der Waals surface area (Å²) in [4.78, 5) is 9.01. The number of rotatable bonds is 7. The standard InChI is InChI=1S/C13H23N3S/c1-5-10(4)9-17-13-8-12(14-7-3)15-11(6-2)16-13/h8,10H,5-7,9H2,1-4H3,(H,14,15,16). The van der Waals surface area contributed by atoms with Gasteiger partial charge in [-0.25, -0.2) is 9.97 Å². The van der Waals surface area contributed by atoms with Crippen LogP contribution in [0, 0.1) is 5.92 Å². The SMILES string of the molecule is CCNc1cc(SCC(C)CC)nc(CC)n1. The summed E-state index contributed by atoms with van der Waals surface area (Å²) in [7, 11) is 0. The lowest BCUT2D eigenvalue weighted by Crippen LogP contribution is -2.04. The van der Waals surface area contributed by atoms with Crippen LogP contribution >= 0.6 is 11.8 Å². The highest BCUT2D eigenvalue weighted by Crippen LogP contribution is 2.22. The highest BCUT2D eigenvalue weighted by atomic mass is 32.2. The Hall–Kier alpha value is -0.770. The first-order valence-electron chi connectivity index (χ1n) is 6.44. The lowest BCUT2D eigenvalue weighted by atomic mass is 10.2. The van der Waals surface area contributed by atoms with E-state index in [-0.39, 0.29) is 0 Å². The van der Waals surface area contributed by atoms with Crippen LogP contribution in [0.4, 0.5) is 5.82 Å². The third kappa shape index (κ3) is 4.94. The molecule has 0 saturated carbocycles. The number of aromatic nitrogens is 2. The van der Waals surface area contributed by atoms with Gasteiger partial charge in [-0.15, -0.1) is 11.8 Å². The molecule has 3 nitrogen and oxygen atoms in total. The summed E-state index contributed by atoms with van der Waals surface area (Å²) in [6.07, 6.45) is 2.11. The summed E-state index contributed by atoms with van der Waals surface area (Å²) in [5, 5.41) is 4.35. The first-order valence-corrected chi connectivity index (χ1v) is 7.42. The third-order valence-corrected chi connectivity index (χ3v) is 3.88. The Kier molecular flexibility index (Phi) is 6.34. The van der Waals surface area contributed by atoms with E-state index in [9.17, 15) is 0 Å². The minimum atomic E-state index is 0.739. The van der Waals surface area contributed by atoms with Gasteiger partial charge in [0.25, 0.3) is 0 Å². The summed E-state index contributed by atoms with van der Waals surface area (Å²) >= 11 is 1.83. The fourth-order valence-electron chi connectivity index (χ4n) is 1.32. The molecular weight excluding hydrogens is 230 g/mol. The fourth-order valence-corrected chi connectivity index (χ4v) is 2.38. The van der Waals surface area contributed by atoms with Crippen LogP contribution in [-0.4, -0.2) is 22.3 Å². The predicted molar refractivity (Wildman–Crippen MR) is 75.8 cm³/mol. The van der Waals surface area contributed by atoms with Crippen molar-refractivity contribution in [3.63, 3.8) is 0 Å². The van der Waals surface area contributed by atoms with E-state index in [1.165, 1.54) is 6.42 Å². The van der Waals surface area contributed by atoms with E-state index in [1.807, 2.05) is 11.8 Å². The van der Waals surface area contributed by atoms with Gasteiger partial charge in [-0.2, -0.15) is 0 Å². The average Bonchev–Trinajstić information content (AvgIpc) is 2.36. The number of hydrogen-bond donors (Lipinski definition) is 1. The lowest BCUT2D eigenvalue weighted by Gasteiger charge is -2.10. The molecule has 0 radical (unpaired) electrons. The van der Waals surface area contributed by atoms with Gasteiger partial charge in [0.2, 0.25) is 0 Å². The first kappa shape index (κ1) is 14.3. The number of nitrogens with zero attached hydrogens (tertiary/aromatic N) is 2. The van der Waals surface area contributed by atoms with Crippen molar-refractivity contribution in [1.29, 1.82) is 0 Å². The number of hydrogen-bond acceptors (Lipinski definition) is 4. The largest absolute Gasteiger partial charge is 0.370 e. The molecular formula is C13H23N3S. The molecule has 96 valence electrons. The number of anilines is 1. The smallest absolute Gasteiger partial charge is 0.131 e. The maximum absolute atomic E-state index is 4.55. The van der Waals surface area contributed by atoms with Crippen molar-refractivity contribution in [2.75, 3.05) is 17.6 Å². The van der Waals surface area contributed by atoms with Crippen molar-refractivity contribution in [3.05, 3.63) is 11.9 Å². The zero-order valence-corrected chi connectivity index (χ0v) is 12.1. The van der Waals surface area contributed by atoms with Crippen molar-refractivity contribution < 1.29 is 0 Å².